The van der Waals surface area contributed by atoms with Crippen molar-refractivity contribution in [3.8, 4) is 0 Å². The number of likely N-dealkylation sites (tertiary alicyclic amines) is 1. The van der Waals surface area contributed by atoms with Gasteiger partial charge in [-0.3, -0.25) is 4.79 Å². The molecule has 1 aromatic heterocycles. The van der Waals surface area contributed by atoms with Gasteiger partial charge in [0.2, 0.25) is 5.91 Å². The summed E-state index contributed by atoms with van der Waals surface area (Å²) in [6.07, 6.45) is 2.71. The van der Waals surface area contributed by atoms with Crippen molar-refractivity contribution in [2.45, 2.75) is 32.1 Å². The van der Waals surface area contributed by atoms with Crippen LogP contribution in [0.15, 0.2) is 53.1 Å². The molecule has 1 atom stereocenters. The Bertz CT molecular complexity index is 667. The lowest BCUT2D eigenvalue weighted by molar-refractivity contribution is -0.126. The van der Waals surface area contributed by atoms with E-state index < -0.39 is 6.10 Å². The molecule has 1 saturated heterocycles. The summed E-state index contributed by atoms with van der Waals surface area (Å²) in [6, 6.07) is 13.6. The van der Waals surface area contributed by atoms with Crippen LogP contribution in [0.3, 0.4) is 0 Å². The molecule has 6 heteroatoms. The highest BCUT2D eigenvalue weighted by atomic mass is 16.5. The summed E-state index contributed by atoms with van der Waals surface area (Å²) in [4.78, 5) is 14.5. The number of aliphatic hydroxyl groups is 1. The van der Waals surface area contributed by atoms with Crippen LogP contribution in [-0.2, 0) is 22.7 Å². The van der Waals surface area contributed by atoms with E-state index >= 15 is 0 Å². The Morgan fingerprint density at radius 3 is 2.70 bits per heavy atom. The molecule has 6 nitrogen and oxygen atoms in total. The van der Waals surface area contributed by atoms with E-state index in [-0.39, 0.29) is 18.4 Å². The average molecular weight is 372 g/mol. The third-order valence-electron chi connectivity index (χ3n) is 4.87. The minimum atomic E-state index is -0.539. The number of hydrogen-bond acceptors (Lipinski definition) is 5. The van der Waals surface area contributed by atoms with Crippen LogP contribution in [0.25, 0.3) is 0 Å². The molecule has 0 bridgehead atoms. The lowest BCUT2D eigenvalue weighted by atomic mass is 9.95. The van der Waals surface area contributed by atoms with Crippen molar-refractivity contribution >= 4 is 5.91 Å². The predicted molar refractivity (Wildman–Crippen MR) is 102 cm³/mol. The van der Waals surface area contributed by atoms with Crippen molar-refractivity contribution in [1.82, 2.24) is 10.2 Å². The molecule has 27 heavy (non-hydrogen) atoms. The minimum absolute atomic E-state index is 0.0531. The fraction of sp³-hybridized carbons (Fsp3) is 0.476. The zero-order valence-electron chi connectivity index (χ0n) is 15.5. The molecule has 0 spiro atoms. The third-order valence-corrected chi connectivity index (χ3v) is 4.87. The number of rotatable bonds is 9. The number of ether oxygens (including phenoxy) is 1. The molecule has 146 valence electrons. The van der Waals surface area contributed by atoms with Gasteiger partial charge in [0.25, 0.3) is 0 Å². The number of piperidine rings is 1. The Kier molecular flexibility index (Phi) is 7.45. The fourth-order valence-electron chi connectivity index (χ4n) is 3.35. The van der Waals surface area contributed by atoms with Gasteiger partial charge in [0, 0.05) is 19.0 Å². The number of furan rings is 1. The topological polar surface area (TPSA) is 74.9 Å². The Morgan fingerprint density at radius 2 is 2.00 bits per heavy atom. The van der Waals surface area contributed by atoms with E-state index in [1.165, 1.54) is 0 Å². The van der Waals surface area contributed by atoms with Crippen molar-refractivity contribution in [2.75, 3.05) is 26.2 Å². The zero-order valence-corrected chi connectivity index (χ0v) is 15.5. The predicted octanol–water partition coefficient (Wildman–Crippen LogP) is 2.19. The number of amides is 1. The first kappa shape index (κ1) is 19.6. The van der Waals surface area contributed by atoms with Crippen LogP contribution in [0.4, 0.5) is 0 Å². The van der Waals surface area contributed by atoms with Crippen molar-refractivity contribution < 1.29 is 19.1 Å². The Labute approximate surface area is 160 Å². The number of carbonyl (C=O) groups is 1. The molecule has 0 unspecified atom stereocenters. The van der Waals surface area contributed by atoms with E-state index in [4.69, 9.17) is 9.15 Å². The summed E-state index contributed by atoms with van der Waals surface area (Å²) in [5.74, 6) is 0.933. The molecule has 0 radical (unpaired) electrons. The molecule has 0 saturated carbocycles. The van der Waals surface area contributed by atoms with Crippen LogP contribution >= 0.6 is 0 Å². The number of aliphatic hydroxyl groups excluding tert-OH is 1. The number of benzene rings is 1. The first-order chi connectivity index (χ1) is 13.2. The Hall–Kier alpha value is -2.15. The molecule has 1 fully saturated rings. The second-order valence-electron chi connectivity index (χ2n) is 7.03. The summed E-state index contributed by atoms with van der Waals surface area (Å²) in [5, 5.41) is 13.2. The second kappa shape index (κ2) is 10.3. The summed E-state index contributed by atoms with van der Waals surface area (Å²) >= 11 is 0. The highest BCUT2D eigenvalue weighted by Crippen LogP contribution is 2.18. The first-order valence-corrected chi connectivity index (χ1v) is 9.53. The van der Waals surface area contributed by atoms with Crippen molar-refractivity contribution in [2.24, 2.45) is 5.92 Å². The SMILES string of the molecule is O=C(NCc1ccccc1)C1CCN(C[C@H](O)COCc2ccco2)CC1. The molecule has 1 aromatic carbocycles. The van der Waals surface area contributed by atoms with E-state index in [9.17, 15) is 9.90 Å². The number of β-amino-alcohol motifs (C(OH)–C–C–N with tert-alkyl or cyclic N) is 1. The molecular formula is C21H28N2O4. The average Bonchev–Trinajstić information content (AvgIpc) is 3.21. The lowest BCUT2D eigenvalue weighted by Gasteiger charge is -2.32. The molecule has 3 rings (SSSR count). The number of hydrogen-bond donors (Lipinski definition) is 2. The van der Waals surface area contributed by atoms with Gasteiger partial charge in [0.1, 0.15) is 12.4 Å². The smallest absolute Gasteiger partial charge is 0.223 e. The molecule has 2 aromatic rings. The minimum Gasteiger partial charge on any atom is -0.467 e. The largest absolute Gasteiger partial charge is 0.467 e. The van der Waals surface area contributed by atoms with Gasteiger partial charge in [0.15, 0.2) is 0 Å². The molecule has 0 aliphatic carbocycles. The van der Waals surface area contributed by atoms with Gasteiger partial charge in [-0.2, -0.15) is 0 Å². The van der Waals surface area contributed by atoms with E-state index in [0.717, 1.165) is 37.3 Å². The molecule has 2 N–H and O–H groups in total. The third kappa shape index (κ3) is 6.50. The van der Waals surface area contributed by atoms with Crippen LogP contribution in [0.5, 0.6) is 0 Å². The van der Waals surface area contributed by atoms with Crippen molar-refractivity contribution in [3.05, 3.63) is 60.1 Å². The van der Waals surface area contributed by atoms with E-state index in [1.807, 2.05) is 42.5 Å². The first-order valence-electron chi connectivity index (χ1n) is 9.53. The molecule has 1 aliphatic heterocycles. The van der Waals surface area contributed by atoms with Gasteiger partial charge in [-0.15, -0.1) is 0 Å². The van der Waals surface area contributed by atoms with Gasteiger partial charge >= 0.3 is 0 Å². The van der Waals surface area contributed by atoms with Gasteiger partial charge in [-0.1, -0.05) is 30.3 Å². The highest BCUT2D eigenvalue weighted by molar-refractivity contribution is 5.78. The van der Waals surface area contributed by atoms with Gasteiger partial charge < -0.3 is 24.5 Å². The summed E-state index contributed by atoms with van der Waals surface area (Å²) in [6.45, 7) is 3.42. The quantitative estimate of drug-likeness (QED) is 0.706. The molecule has 1 amide bonds. The Morgan fingerprint density at radius 1 is 1.22 bits per heavy atom. The number of nitrogens with zero attached hydrogens (tertiary/aromatic N) is 1. The lowest BCUT2D eigenvalue weighted by Crippen LogP contribution is -2.43. The Balaban J connectivity index is 1.30. The number of carbonyl (C=O) groups excluding carboxylic acids is 1. The summed E-state index contributed by atoms with van der Waals surface area (Å²) in [7, 11) is 0. The molecule has 2 heterocycles. The monoisotopic (exact) mass is 372 g/mol. The van der Waals surface area contributed by atoms with E-state index in [0.29, 0.717) is 19.7 Å². The zero-order chi connectivity index (χ0) is 18.9. The standard InChI is InChI=1S/C21H28N2O4/c24-19(15-26-16-20-7-4-12-27-20)14-23-10-8-18(9-11-23)21(25)22-13-17-5-2-1-3-6-17/h1-7,12,18-19,24H,8-11,13-16H2,(H,22,25)/t19-/m0/s1. The maximum atomic E-state index is 12.3. The van der Waals surface area contributed by atoms with Crippen molar-refractivity contribution in [3.63, 3.8) is 0 Å². The van der Waals surface area contributed by atoms with Gasteiger partial charge in [-0.05, 0) is 43.6 Å². The van der Waals surface area contributed by atoms with Crippen LogP contribution in [0.2, 0.25) is 0 Å². The van der Waals surface area contributed by atoms with E-state index in [2.05, 4.69) is 10.2 Å². The van der Waals surface area contributed by atoms with Gasteiger partial charge in [-0.25, -0.2) is 0 Å². The van der Waals surface area contributed by atoms with Crippen LogP contribution in [0.1, 0.15) is 24.2 Å². The number of nitrogens with one attached hydrogen (secondary N) is 1. The van der Waals surface area contributed by atoms with Gasteiger partial charge in [0.05, 0.1) is 19.0 Å². The maximum Gasteiger partial charge on any atom is 0.223 e. The normalized spacial score (nSPS) is 16.9. The summed E-state index contributed by atoms with van der Waals surface area (Å²) < 4.78 is 10.7. The van der Waals surface area contributed by atoms with E-state index in [1.54, 1.807) is 6.26 Å². The second-order valence-corrected chi connectivity index (χ2v) is 7.03. The molecular weight excluding hydrogens is 344 g/mol. The molecule has 1 aliphatic rings. The maximum absolute atomic E-state index is 12.3. The fourth-order valence-corrected chi connectivity index (χ4v) is 3.35. The van der Waals surface area contributed by atoms with Crippen LogP contribution in [0, 0.1) is 5.92 Å². The highest BCUT2D eigenvalue weighted by Gasteiger charge is 2.25. The summed E-state index contributed by atoms with van der Waals surface area (Å²) in [5.41, 5.74) is 1.11. The van der Waals surface area contributed by atoms with Crippen LogP contribution < -0.4 is 5.32 Å². The van der Waals surface area contributed by atoms with Crippen molar-refractivity contribution in [1.29, 1.82) is 0 Å². The van der Waals surface area contributed by atoms with Crippen LogP contribution in [-0.4, -0.2) is 48.3 Å².